The number of nitrogens with zero attached hydrogens (tertiary/aromatic N) is 2. The fourth-order valence-electron chi connectivity index (χ4n) is 1.63. The number of carbonyl (C=O) groups excluding carboxylic acids is 1. The highest BCUT2D eigenvalue weighted by molar-refractivity contribution is 5.91. The summed E-state index contributed by atoms with van der Waals surface area (Å²) in [6.07, 6.45) is 7.09. The lowest BCUT2D eigenvalue weighted by Gasteiger charge is -2.02. The average molecular weight is 254 g/mol. The van der Waals surface area contributed by atoms with E-state index in [1.54, 1.807) is 17.1 Å². The van der Waals surface area contributed by atoms with Gasteiger partial charge in [-0.15, -0.1) is 0 Å². The van der Waals surface area contributed by atoms with Crippen LogP contribution in [-0.4, -0.2) is 40.3 Å². The summed E-state index contributed by atoms with van der Waals surface area (Å²) in [7, 11) is 0. The lowest BCUT2D eigenvalue weighted by Crippen LogP contribution is -2.24. The zero-order valence-corrected chi connectivity index (χ0v) is 10.6. The summed E-state index contributed by atoms with van der Waals surface area (Å²) in [5.74, 6) is -0.145. The molecule has 102 valence electrons. The van der Waals surface area contributed by atoms with Gasteiger partial charge in [0.05, 0.1) is 6.33 Å². The lowest BCUT2D eigenvalue weighted by atomic mass is 10.2. The van der Waals surface area contributed by atoms with Gasteiger partial charge in [0.25, 0.3) is 5.91 Å². The van der Waals surface area contributed by atoms with Crippen LogP contribution >= 0.6 is 0 Å². The minimum absolute atomic E-state index is 0.145. The number of aliphatic hydroxyl groups excluding tert-OH is 1. The van der Waals surface area contributed by atoms with Crippen LogP contribution in [0.5, 0.6) is 0 Å². The van der Waals surface area contributed by atoms with Gasteiger partial charge in [-0.2, -0.15) is 0 Å². The van der Waals surface area contributed by atoms with Gasteiger partial charge in [0, 0.05) is 32.4 Å². The first-order valence-electron chi connectivity index (χ1n) is 6.39. The van der Waals surface area contributed by atoms with Crippen molar-refractivity contribution in [3.05, 3.63) is 18.2 Å². The van der Waals surface area contributed by atoms with Gasteiger partial charge in [0.15, 0.2) is 0 Å². The number of aliphatic hydroxyl groups is 1. The first-order valence-corrected chi connectivity index (χ1v) is 6.39. The quantitative estimate of drug-likeness (QED) is 0.546. The van der Waals surface area contributed by atoms with Crippen LogP contribution in [0, 0.1) is 0 Å². The van der Waals surface area contributed by atoms with E-state index in [-0.39, 0.29) is 12.5 Å². The van der Waals surface area contributed by atoms with Crippen LogP contribution in [0.25, 0.3) is 0 Å². The number of nitrogens with one attached hydrogen (secondary N) is 1. The van der Waals surface area contributed by atoms with Gasteiger partial charge in [-0.3, -0.25) is 4.79 Å². The summed E-state index contributed by atoms with van der Waals surface area (Å²) in [5, 5.41) is 11.4. The summed E-state index contributed by atoms with van der Waals surface area (Å²) in [5.41, 5.74) is 5.85. The van der Waals surface area contributed by atoms with E-state index in [0.717, 1.165) is 25.7 Å². The minimum atomic E-state index is -0.145. The number of carbonyl (C=O) groups is 1. The molecule has 1 aromatic heterocycles. The molecule has 0 saturated heterocycles. The zero-order valence-electron chi connectivity index (χ0n) is 10.6. The number of nitrogens with two attached hydrogens (primary N) is 1. The molecule has 0 unspecified atom stereocenters. The molecule has 6 nitrogen and oxygen atoms in total. The highest BCUT2D eigenvalue weighted by Gasteiger charge is 2.07. The van der Waals surface area contributed by atoms with Crippen molar-refractivity contribution in [3.63, 3.8) is 0 Å². The predicted molar refractivity (Wildman–Crippen MR) is 69.2 cm³/mol. The second-order valence-corrected chi connectivity index (χ2v) is 4.18. The molecule has 1 rings (SSSR count). The van der Waals surface area contributed by atoms with Crippen molar-refractivity contribution >= 4 is 5.91 Å². The number of imidazole rings is 1. The molecular formula is C12H22N4O2. The second kappa shape index (κ2) is 8.66. The van der Waals surface area contributed by atoms with Crippen molar-refractivity contribution < 1.29 is 9.90 Å². The molecule has 0 aliphatic heterocycles. The molecule has 0 aromatic carbocycles. The van der Waals surface area contributed by atoms with Gasteiger partial charge in [-0.05, 0) is 12.8 Å². The van der Waals surface area contributed by atoms with E-state index in [2.05, 4.69) is 10.3 Å². The highest BCUT2D eigenvalue weighted by atomic mass is 16.2. The molecule has 1 aromatic rings. The number of unbranched alkanes of at least 4 members (excludes halogenated alkanes) is 3. The number of hydrogen-bond donors (Lipinski definition) is 3. The molecule has 0 atom stereocenters. The molecule has 0 spiro atoms. The molecule has 0 fully saturated rings. The highest BCUT2D eigenvalue weighted by Crippen LogP contribution is 1.99. The van der Waals surface area contributed by atoms with Gasteiger partial charge in [0.2, 0.25) is 0 Å². The summed E-state index contributed by atoms with van der Waals surface area (Å²) < 4.78 is 1.80. The predicted octanol–water partition coefficient (Wildman–Crippen LogP) is 0.124. The Morgan fingerprint density at radius 1 is 1.39 bits per heavy atom. The van der Waals surface area contributed by atoms with Crippen LogP contribution in [-0.2, 0) is 6.54 Å². The summed E-state index contributed by atoms with van der Waals surface area (Å²) in [6, 6.07) is 0. The third kappa shape index (κ3) is 5.29. The standard InChI is InChI=1S/C12H22N4O2/c13-5-7-16-9-11(15-10-16)12(18)14-6-3-1-2-4-8-17/h9-10,17H,1-8,13H2,(H,14,18). The number of aromatic nitrogens is 2. The Hall–Kier alpha value is -1.40. The van der Waals surface area contributed by atoms with Crippen molar-refractivity contribution in [2.24, 2.45) is 5.73 Å². The van der Waals surface area contributed by atoms with Crippen molar-refractivity contribution in [1.82, 2.24) is 14.9 Å². The number of amides is 1. The maximum Gasteiger partial charge on any atom is 0.271 e. The Morgan fingerprint density at radius 3 is 2.89 bits per heavy atom. The third-order valence-corrected chi connectivity index (χ3v) is 2.62. The van der Waals surface area contributed by atoms with E-state index in [9.17, 15) is 4.79 Å². The monoisotopic (exact) mass is 254 g/mol. The topological polar surface area (TPSA) is 93.2 Å². The lowest BCUT2D eigenvalue weighted by molar-refractivity contribution is 0.0948. The van der Waals surface area contributed by atoms with Crippen molar-refractivity contribution in [1.29, 1.82) is 0 Å². The molecule has 1 amide bonds. The average Bonchev–Trinajstić information content (AvgIpc) is 2.82. The Kier molecular flexibility index (Phi) is 7.05. The van der Waals surface area contributed by atoms with Gasteiger partial charge in [0.1, 0.15) is 5.69 Å². The van der Waals surface area contributed by atoms with Gasteiger partial charge >= 0.3 is 0 Å². The second-order valence-electron chi connectivity index (χ2n) is 4.18. The van der Waals surface area contributed by atoms with Crippen LogP contribution in [0.15, 0.2) is 12.5 Å². The largest absolute Gasteiger partial charge is 0.396 e. The maximum absolute atomic E-state index is 11.7. The van der Waals surface area contributed by atoms with E-state index < -0.39 is 0 Å². The molecule has 6 heteroatoms. The Bertz CT molecular complexity index is 352. The number of rotatable bonds is 9. The van der Waals surface area contributed by atoms with Crippen molar-refractivity contribution in [3.8, 4) is 0 Å². The van der Waals surface area contributed by atoms with E-state index in [1.165, 1.54) is 0 Å². The third-order valence-electron chi connectivity index (χ3n) is 2.62. The van der Waals surface area contributed by atoms with Gasteiger partial charge < -0.3 is 20.7 Å². The summed E-state index contributed by atoms with van der Waals surface area (Å²) >= 11 is 0. The van der Waals surface area contributed by atoms with Crippen molar-refractivity contribution in [2.75, 3.05) is 19.7 Å². The van der Waals surface area contributed by atoms with E-state index in [1.807, 2.05) is 0 Å². The molecule has 18 heavy (non-hydrogen) atoms. The number of hydrogen-bond acceptors (Lipinski definition) is 4. The SMILES string of the molecule is NCCn1cnc(C(=O)NCCCCCCO)c1. The van der Waals surface area contributed by atoms with E-state index >= 15 is 0 Å². The normalized spacial score (nSPS) is 10.6. The van der Waals surface area contributed by atoms with Gasteiger partial charge in [-0.25, -0.2) is 4.98 Å². The zero-order chi connectivity index (χ0) is 13.2. The Morgan fingerprint density at radius 2 is 2.17 bits per heavy atom. The first kappa shape index (κ1) is 14.7. The van der Waals surface area contributed by atoms with Gasteiger partial charge in [-0.1, -0.05) is 12.8 Å². The van der Waals surface area contributed by atoms with Crippen LogP contribution in [0.3, 0.4) is 0 Å². The van der Waals surface area contributed by atoms with E-state index in [0.29, 0.717) is 25.3 Å². The molecule has 1 heterocycles. The van der Waals surface area contributed by atoms with Crippen molar-refractivity contribution in [2.45, 2.75) is 32.2 Å². The van der Waals surface area contributed by atoms with Crippen LogP contribution in [0.2, 0.25) is 0 Å². The summed E-state index contributed by atoms with van der Waals surface area (Å²) in [4.78, 5) is 15.7. The fraction of sp³-hybridized carbons (Fsp3) is 0.667. The van der Waals surface area contributed by atoms with Crippen LogP contribution in [0.4, 0.5) is 0 Å². The molecular weight excluding hydrogens is 232 g/mol. The molecule has 4 N–H and O–H groups in total. The first-order chi connectivity index (χ1) is 8.77. The Labute approximate surface area is 107 Å². The fourth-order valence-corrected chi connectivity index (χ4v) is 1.63. The molecule has 0 radical (unpaired) electrons. The van der Waals surface area contributed by atoms with Crippen LogP contribution < -0.4 is 11.1 Å². The minimum Gasteiger partial charge on any atom is -0.396 e. The Balaban J connectivity index is 2.19. The van der Waals surface area contributed by atoms with Crippen LogP contribution in [0.1, 0.15) is 36.2 Å². The molecule has 0 saturated carbocycles. The molecule has 0 aliphatic rings. The molecule has 0 bridgehead atoms. The summed E-state index contributed by atoms with van der Waals surface area (Å²) in [6.45, 7) is 2.09. The maximum atomic E-state index is 11.7. The van der Waals surface area contributed by atoms with E-state index in [4.69, 9.17) is 10.8 Å². The smallest absolute Gasteiger partial charge is 0.271 e. The molecule has 0 aliphatic carbocycles.